The number of nitrogens with zero attached hydrogens (tertiary/aromatic N) is 1. The van der Waals surface area contributed by atoms with Crippen molar-refractivity contribution in [2.75, 3.05) is 6.61 Å². The molecule has 0 saturated heterocycles. The van der Waals surface area contributed by atoms with Gasteiger partial charge in [-0.15, -0.1) is 0 Å². The zero-order valence-corrected chi connectivity index (χ0v) is 19.5. The van der Waals surface area contributed by atoms with Crippen LogP contribution in [0.15, 0.2) is 63.8 Å². The van der Waals surface area contributed by atoms with Crippen LogP contribution in [0.5, 0.6) is 5.75 Å². The third-order valence-electron chi connectivity index (χ3n) is 5.12. The zero-order valence-electron chi connectivity index (χ0n) is 17.9. The number of hydrogen-bond donors (Lipinski definition) is 1. The summed E-state index contributed by atoms with van der Waals surface area (Å²) in [6.45, 7) is 2.28. The van der Waals surface area contributed by atoms with Gasteiger partial charge in [-0.2, -0.15) is 0 Å². The fourth-order valence-corrected chi connectivity index (χ4v) is 3.94. The molecule has 6 nitrogen and oxygen atoms in total. The highest BCUT2D eigenvalue weighted by Crippen LogP contribution is 2.34. The fourth-order valence-electron chi connectivity index (χ4n) is 3.60. The summed E-state index contributed by atoms with van der Waals surface area (Å²) in [5.74, 6) is -0.234. The minimum absolute atomic E-state index is 0.00407. The van der Waals surface area contributed by atoms with Gasteiger partial charge in [0.1, 0.15) is 17.9 Å². The molecule has 2 N–H and O–H groups in total. The summed E-state index contributed by atoms with van der Waals surface area (Å²) >= 11 is 3.44. The van der Waals surface area contributed by atoms with Crippen molar-refractivity contribution in [2.24, 2.45) is 5.73 Å². The molecule has 0 spiro atoms. The predicted octanol–water partition coefficient (Wildman–Crippen LogP) is 5.54. The van der Waals surface area contributed by atoms with E-state index in [0.29, 0.717) is 34.6 Å². The number of benzene rings is 2. The molecule has 2 aromatic heterocycles. The SMILES string of the molecule is CCOC(=O)Cc1ccc(Br)cc1OCc1cc(-c2ccnc(CN)c2F)c2occc2c1. The van der Waals surface area contributed by atoms with Crippen LogP contribution < -0.4 is 10.5 Å². The van der Waals surface area contributed by atoms with E-state index in [0.717, 1.165) is 15.4 Å². The van der Waals surface area contributed by atoms with Crippen LogP contribution in [-0.2, 0) is 29.1 Å². The number of rotatable bonds is 8. The van der Waals surface area contributed by atoms with E-state index < -0.39 is 5.82 Å². The second-order valence-electron chi connectivity index (χ2n) is 7.33. The topological polar surface area (TPSA) is 87.6 Å². The Morgan fingerprint density at radius 2 is 2.03 bits per heavy atom. The van der Waals surface area contributed by atoms with Gasteiger partial charge in [0, 0.05) is 39.3 Å². The maximum atomic E-state index is 15.0. The monoisotopic (exact) mass is 512 g/mol. The summed E-state index contributed by atoms with van der Waals surface area (Å²) in [5, 5.41) is 0.817. The Bertz CT molecular complexity index is 1310. The first-order valence-corrected chi connectivity index (χ1v) is 11.2. The van der Waals surface area contributed by atoms with Gasteiger partial charge in [-0.25, -0.2) is 4.39 Å². The normalized spacial score (nSPS) is 11.0. The first-order chi connectivity index (χ1) is 16.0. The van der Waals surface area contributed by atoms with Gasteiger partial charge in [0.05, 0.1) is 25.0 Å². The number of halogens is 2. The van der Waals surface area contributed by atoms with E-state index in [1.807, 2.05) is 36.4 Å². The van der Waals surface area contributed by atoms with E-state index in [-0.39, 0.29) is 31.2 Å². The number of ether oxygens (including phenoxy) is 2. The van der Waals surface area contributed by atoms with Crippen molar-refractivity contribution in [2.45, 2.75) is 26.5 Å². The van der Waals surface area contributed by atoms with Crippen LogP contribution in [0.3, 0.4) is 0 Å². The number of carbonyl (C=O) groups excluding carboxylic acids is 1. The maximum absolute atomic E-state index is 15.0. The summed E-state index contributed by atoms with van der Waals surface area (Å²) in [6, 6.07) is 12.6. The number of furan rings is 1. The average molecular weight is 513 g/mol. The van der Waals surface area contributed by atoms with Crippen LogP contribution in [0.4, 0.5) is 4.39 Å². The molecular formula is C25H22BrFN2O4. The minimum Gasteiger partial charge on any atom is -0.489 e. The summed E-state index contributed by atoms with van der Waals surface area (Å²) in [5.41, 5.74) is 8.86. The van der Waals surface area contributed by atoms with Crippen LogP contribution in [0.2, 0.25) is 0 Å². The van der Waals surface area contributed by atoms with Crippen LogP contribution >= 0.6 is 15.9 Å². The van der Waals surface area contributed by atoms with Crippen molar-refractivity contribution in [1.82, 2.24) is 4.98 Å². The van der Waals surface area contributed by atoms with Gasteiger partial charge in [-0.1, -0.05) is 22.0 Å². The molecule has 0 amide bonds. The molecule has 170 valence electrons. The standard InChI is InChI=1S/C25H22BrFN2O4/c1-2-31-23(30)11-16-3-4-18(26)12-22(16)33-14-15-9-17-6-8-32-25(17)20(10-15)19-5-7-29-21(13-28)24(19)27/h3-10,12H,2,11,13-14,28H2,1H3. The summed E-state index contributed by atoms with van der Waals surface area (Å²) < 4.78 is 32.6. The van der Waals surface area contributed by atoms with Gasteiger partial charge in [0.2, 0.25) is 0 Å². The Labute approximate surface area is 198 Å². The van der Waals surface area contributed by atoms with Crippen molar-refractivity contribution >= 4 is 32.9 Å². The quantitative estimate of drug-likeness (QED) is 0.312. The molecule has 0 saturated carbocycles. The Hall–Kier alpha value is -3.23. The fraction of sp³-hybridized carbons (Fsp3) is 0.200. The number of nitrogens with two attached hydrogens (primary N) is 1. The summed E-state index contributed by atoms with van der Waals surface area (Å²) in [6.07, 6.45) is 3.20. The Morgan fingerprint density at radius 3 is 2.82 bits per heavy atom. The van der Waals surface area contributed by atoms with Crippen molar-refractivity contribution in [1.29, 1.82) is 0 Å². The van der Waals surface area contributed by atoms with Crippen molar-refractivity contribution < 1.29 is 23.1 Å². The average Bonchev–Trinajstić information content (AvgIpc) is 3.28. The molecular weight excluding hydrogens is 491 g/mol. The van der Waals surface area contributed by atoms with Gasteiger partial charge in [-0.3, -0.25) is 9.78 Å². The Kier molecular flexibility index (Phi) is 7.05. The van der Waals surface area contributed by atoms with Gasteiger partial charge in [0.25, 0.3) is 0 Å². The first-order valence-electron chi connectivity index (χ1n) is 10.4. The third kappa shape index (κ3) is 5.07. The Balaban J connectivity index is 1.67. The smallest absolute Gasteiger partial charge is 0.310 e. The molecule has 0 radical (unpaired) electrons. The minimum atomic E-state index is -0.473. The summed E-state index contributed by atoms with van der Waals surface area (Å²) in [7, 11) is 0. The highest BCUT2D eigenvalue weighted by Gasteiger charge is 2.17. The van der Waals surface area contributed by atoms with Gasteiger partial charge >= 0.3 is 5.97 Å². The zero-order chi connectivity index (χ0) is 23.4. The van der Waals surface area contributed by atoms with Gasteiger partial charge in [-0.05, 0) is 48.9 Å². The van der Waals surface area contributed by atoms with Gasteiger partial charge < -0.3 is 19.6 Å². The van der Waals surface area contributed by atoms with E-state index in [1.54, 1.807) is 19.3 Å². The second-order valence-corrected chi connectivity index (χ2v) is 8.24. The molecule has 4 aromatic rings. The number of hydrogen-bond acceptors (Lipinski definition) is 6. The summed E-state index contributed by atoms with van der Waals surface area (Å²) in [4.78, 5) is 16.0. The number of fused-ring (bicyclic) bond motifs is 1. The van der Waals surface area contributed by atoms with Crippen LogP contribution in [0, 0.1) is 5.82 Å². The predicted molar refractivity (Wildman–Crippen MR) is 126 cm³/mol. The van der Waals surface area contributed by atoms with E-state index in [1.165, 1.54) is 6.20 Å². The van der Waals surface area contributed by atoms with E-state index in [4.69, 9.17) is 19.6 Å². The van der Waals surface area contributed by atoms with E-state index in [9.17, 15) is 9.18 Å². The van der Waals surface area contributed by atoms with Crippen LogP contribution in [-0.4, -0.2) is 17.6 Å². The molecule has 0 unspecified atom stereocenters. The van der Waals surface area contributed by atoms with E-state index in [2.05, 4.69) is 20.9 Å². The van der Waals surface area contributed by atoms with Crippen LogP contribution in [0.25, 0.3) is 22.1 Å². The number of aromatic nitrogens is 1. The molecule has 0 aliphatic carbocycles. The Morgan fingerprint density at radius 1 is 1.18 bits per heavy atom. The molecule has 0 aliphatic heterocycles. The van der Waals surface area contributed by atoms with E-state index >= 15 is 0 Å². The second kappa shape index (κ2) is 10.1. The lowest BCUT2D eigenvalue weighted by atomic mass is 10.00. The van der Waals surface area contributed by atoms with Gasteiger partial charge in [0.15, 0.2) is 5.82 Å². The van der Waals surface area contributed by atoms with Crippen molar-refractivity contribution in [3.63, 3.8) is 0 Å². The third-order valence-corrected chi connectivity index (χ3v) is 5.61. The molecule has 2 heterocycles. The molecule has 0 bridgehead atoms. The molecule has 0 fully saturated rings. The maximum Gasteiger partial charge on any atom is 0.310 e. The molecule has 33 heavy (non-hydrogen) atoms. The lowest BCUT2D eigenvalue weighted by Crippen LogP contribution is -2.09. The van der Waals surface area contributed by atoms with Crippen molar-refractivity contribution in [3.8, 4) is 16.9 Å². The largest absolute Gasteiger partial charge is 0.489 e. The molecule has 4 rings (SSSR count). The first kappa shape index (κ1) is 22.9. The lowest BCUT2D eigenvalue weighted by Gasteiger charge is -2.14. The molecule has 8 heteroatoms. The molecule has 0 aliphatic rings. The molecule has 2 aromatic carbocycles. The highest BCUT2D eigenvalue weighted by molar-refractivity contribution is 9.10. The number of carbonyl (C=O) groups is 1. The lowest BCUT2D eigenvalue weighted by molar-refractivity contribution is -0.142. The number of pyridine rings is 1. The number of esters is 1. The van der Waals surface area contributed by atoms with Crippen LogP contribution in [0.1, 0.15) is 23.7 Å². The van der Waals surface area contributed by atoms with Crippen molar-refractivity contribution in [3.05, 3.63) is 82.0 Å². The molecule has 0 atom stereocenters. The highest BCUT2D eigenvalue weighted by atomic mass is 79.9.